The van der Waals surface area contributed by atoms with E-state index in [1.807, 2.05) is 13.8 Å². The van der Waals surface area contributed by atoms with E-state index in [2.05, 4.69) is 0 Å². The molecule has 0 heterocycles. The molecule has 1 amide bonds. The first-order chi connectivity index (χ1) is 5.04. The van der Waals surface area contributed by atoms with Crippen molar-refractivity contribution in [3.63, 3.8) is 0 Å². The molecule has 0 spiro atoms. The van der Waals surface area contributed by atoms with Crippen LogP contribution in [0.4, 0.5) is 0 Å². The van der Waals surface area contributed by atoms with Gasteiger partial charge in [0, 0.05) is 5.57 Å². The Balaban J connectivity index is 3.65. The number of nitrogens with two attached hydrogens (primary N) is 1. The fourth-order valence-electron chi connectivity index (χ4n) is 0.466. The van der Waals surface area contributed by atoms with Gasteiger partial charge in [0.1, 0.15) is 0 Å². The van der Waals surface area contributed by atoms with Gasteiger partial charge in [0.25, 0.3) is 0 Å². The Labute approximate surface area is 67.2 Å². The van der Waals surface area contributed by atoms with Crippen LogP contribution in [0, 0.1) is 0 Å². The lowest BCUT2D eigenvalue weighted by atomic mass is 10.3. The van der Waals surface area contributed by atoms with Crippen LogP contribution in [0.1, 0.15) is 20.8 Å². The van der Waals surface area contributed by atoms with Crippen molar-refractivity contribution in [1.29, 1.82) is 0 Å². The number of carbonyl (C=O) groups is 1. The summed E-state index contributed by atoms with van der Waals surface area (Å²) in [7, 11) is 0. The minimum atomic E-state index is -0.391. The van der Waals surface area contributed by atoms with E-state index in [0.717, 1.165) is 0 Å². The molecule has 0 aromatic carbocycles. The summed E-state index contributed by atoms with van der Waals surface area (Å²) in [5.41, 5.74) is 5.54. The summed E-state index contributed by atoms with van der Waals surface area (Å²) in [6.45, 7) is 6.00. The molecule has 2 N–H and O–H groups in total. The zero-order valence-corrected chi connectivity index (χ0v) is 7.26. The summed E-state index contributed by atoms with van der Waals surface area (Å²) in [6.07, 6.45) is 1.87. The lowest BCUT2D eigenvalue weighted by Crippen LogP contribution is -2.12. The lowest BCUT2D eigenvalue weighted by Gasteiger charge is -2.03. The van der Waals surface area contributed by atoms with Gasteiger partial charge in [-0.1, -0.05) is 6.08 Å². The molecule has 0 aliphatic rings. The molecule has 3 heteroatoms. The maximum absolute atomic E-state index is 10.5. The average Bonchev–Trinajstić information content (AvgIpc) is 1.86. The van der Waals surface area contributed by atoms with Gasteiger partial charge in [-0.3, -0.25) is 4.79 Å². The number of rotatable bonds is 4. The highest BCUT2D eigenvalue weighted by atomic mass is 16.5. The van der Waals surface area contributed by atoms with E-state index in [1.165, 1.54) is 0 Å². The van der Waals surface area contributed by atoms with E-state index in [1.54, 1.807) is 13.0 Å². The topological polar surface area (TPSA) is 52.3 Å². The number of ether oxygens (including phenoxy) is 1. The van der Waals surface area contributed by atoms with Crippen LogP contribution in [-0.4, -0.2) is 18.6 Å². The van der Waals surface area contributed by atoms with E-state index in [-0.39, 0.29) is 6.10 Å². The number of amides is 1. The third-order valence-electron chi connectivity index (χ3n) is 1.21. The molecule has 0 rings (SSSR count). The Bertz CT molecular complexity index is 161. The zero-order valence-electron chi connectivity index (χ0n) is 7.26. The Morgan fingerprint density at radius 2 is 2.18 bits per heavy atom. The summed E-state index contributed by atoms with van der Waals surface area (Å²) in [5.74, 6) is -0.391. The highest BCUT2D eigenvalue weighted by molar-refractivity contribution is 5.91. The van der Waals surface area contributed by atoms with Crippen LogP contribution in [0.25, 0.3) is 0 Å². The van der Waals surface area contributed by atoms with Crippen LogP contribution in [0.5, 0.6) is 0 Å². The van der Waals surface area contributed by atoms with Crippen molar-refractivity contribution in [3.05, 3.63) is 11.6 Å². The molecule has 11 heavy (non-hydrogen) atoms. The minimum absolute atomic E-state index is 0.187. The quantitative estimate of drug-likeness (QED) is 0.615. The van der Waals surface area contributed by atoms with Gasteiger partial charge in [0.2, 0.25) is 5.91 Å². The second kappa shape index (κ2) is 4.91. The Kier molecular flexibility index (Phi) is 4.54. The Morgan fingerprint density at radius 1 is 1.64 bits per heavy atom. The second-order valence-electron chi connectivity index (χ2n) is 2.63. The predicted octanol–water partition coefficient (Wildman–Crippen LogP) is 0.843. The predicted molar refractivity (Wildman–Crippen MR) is 44.0 cm³/mol. The van der Waals surface area contributed by atoms with Gasteiger partial charge in [-0.05, 0) is 20.8 Å². The first-order valence-electron chi connectivity index (χ1n) is 3.62. The zero-order chi connectivity index (χ0) is 8.85. The molecule has 0 atom stereocenters. The molecule has 0 aromatic rings. The normalized spacial score (nSPS) is 12.2. The van der Waals surface area contributed by atoms with Gasteiger partial charge in [-0.15, -0.1) is 0 Å². The molecular formula is C8H15NO2. The minimum Gasteiger partial charge on any atom is -0.375 e. The van der Waals surface area contributed by atoms with E-state index < -0.39 is 5.91 Å². The van der Waals surface area contributed by atoms with E-state index >= 15 is 0 Å². The number of hydrogen-bond acceptors (Lipinski definition) is 2. The number of hydrogen-bond donors (Lipinski definition) is 1. The average molecular weight is 157 g/mol. The molecule has 0 bridgehead atoms. The molecule has 0 unspecified atom stereocenters. The molecule has 0 aliphatic heterocycles. The fraction of sp³-hybridized carbons (Fsp3) is 0.625. The SMILES string of the molecule is C/C(=C\COC(C)C)C(N)=O. The lowest BCUT2D eigenvalue weighted by molar-refractivity contribution is -0.114. The van der Waals surface area contributed by atoms with E-state index in [0.29, 0.717) is 12.2 Å². The van der Waals surface area contributed by atoms with Gasteiger partial charge in [0.15, 0.2) is 0 Å². The van der Waals surface area contributed by atoms with Crippen LogP contribution in [0.2, 0.25) is 0 Å². The third-order valence-corrected chi connectivity index (χ3v) is 1.21. The van der Waals surface area contributed by atoms with Crippen molar-refractivity contribution >= 4 is 5.91 Å². The summed E-state index contributed by atoms with van der Waals surface area (Å²) < 4.78 is 5.18. The van der Waals surface area contributed by atoms with E-state index in [4.69, 9.17) is 10.5 Å². The highest BCUT2D eigenvalue weighted by Crippen LogP contribution is 1.93. The Hall–Kier alpha value is -0.830. The van der Waals surface area contributed by atoms with Crippen LogP contribution in [0.3, 0.4) is 0 Å². The molecule has 0 aliphatic carbocycles. The Morgan fingerprint density at radius 3 is 2.55 bits per heavy atom. The summed E-state index contributed by atoms with van der Waals surface area (Å²) in [4.78, 5) is 10.5. The van der Waals surface area contributed by atoms with Crippen LogP contribution < -0.4 is 5.73 Å². The first-order valence-corrected chi connectivity index (χ1v) is 3.62. The third kappa shape index (κ3) is 5.61. The largest absolute Gasteiger partial charge is 0.375 e. The standard InChI is InChI=1S/C8H15NO2/c1-6(2)11-5-4-7(3)8(9)10/h4,6H,5H2,1-3H3,(H2,9,10)/b7-4+. The van der Waals surface area contributed by atoms with Gasteiger partial charge < -0.3 is 10.5 Å². The molecule has 0 saturated heterocycles. The molecule has 3 nitrogen and oxygen atoms in total. The fourth-order valence-corrected chi connectivity index (χ4v) is 0.466. The smallest absolute Gasteiger partial charge is 0.244 e. The van der Waals surface area contributed by atoms with Gasteiger partial charge in [-0.25, -0.2) is 0 Å². The number of primary amides is 1. The summed E-state index contributed by atoms with van der Waals surface area (Å²) in [5, 5.41) is 0. The van der Waals surface area contributed by atoms with Crippen molar-refractivity contribution in [2.45, 2.75) is 26.9 Å². The molecule has 0 saturated carbocycles. The van der Waals surface area contributed by atoms with Crippen molar-refractivity contribution < 1.29 is 9.53 Å². The van der Waals surface area contributed by atoms with Crippen LogP contribution in [0.15, 0.2) is 11.6 Å². The van der Waals surface area contributed by atoms with Gasteiger partial charge in [0.05, 0.1) is 12.7 Å². The van der Waals surface area contributed by atoms with Crippen molar-refractivity contribution in [1.82, 2.24) is 0 Å². The molecule has 0 fully saturated rings. The van der Waals surface area contributed by atoms with Gasteiger partial charge in [-0.2, -0.15) is 0 Å². The van der Waals surface area contributed by atoms with Crippen molar-refractivity contribution in [2.24, 2.45) is 5.73 Å². The highest BCUT2D eigenvalue weighted by Gasteiger charge is 1.95. The van der Waals surface area contributed by atoms with Gasteiger partial charge >= 0.3 is 0 Å². The summed E-state index contributed by atoms with van der Waals surface area (Å²) >= 11 is 0. The van der Waals surface area contributed by atoms with Crippen LogP contribution >= 0.6 is 0 Å². The van der Waals surface area contributed by atoms with Crippen molar-refractivity contribution in [2.75, 3.05) is 6.61 Å². The van der Waals surface area contributed by atoms with Crippen LogP contribution in [-0.2, 0) is 9.53 Å². The molecule has 0 aromatic heterocycles. The maximum atomic E-state index is 10.5. The monoisotopic (exact) mass is 157 g/mol. The molecule has 0 radical (unpaired) electrons. The van der Waals surface area contributed by atoms with Crippen molar-refractivity contribution in [3.8, 4) is 0 Å². The maximum Gasteiger partial charge on any atom is 0.244 e. The second-order valence-corrected chi connectivity index (χ2v) is 2.63. The summed E-state index contributed by atoms with van der Waals surface area (Å²) in [6, 6.07) is 0. The number of carbonyl (C=O) groups excluding carboxylic acids is 1. The van der Waals surface area contributed by atoms with E-state index in [9.17, 15) is 4.79 Å². The molecular weight excluding hydrogens is 142 g/mol. The molecule has 64 valence electrons. The first kappa shape index (κ1) is 10.2.